The summed E-state index contributed by atoms with van der Waals surface area (Å²) in [5.74, 6) is -0.757. The van der Waals surface area contributed by atoms with Crippen LogP contribution in [0, 0.1) is 12.7 Å². The summed E-state index contributed by atoms with van der Waals surface area (Å²) in [4.78, 5) is -0.166. The zero-order valence-corrected chi connectivity index (χ0v) is 11.0. The zero-order valence-electron chi connectivity index (χ0n) is 10.2. The van der Waals surface area contributed by atoms with Gasteiger partial charge in [-0.1, -0.05) is 12.1 Å². The standard InChI is InChI=1S/C13H13FN2O2S/c1-9-3-2-4-10(7-9)16-19(17,18)11-5-6-13(15)12(14)8-11/h2-8,16H,15H2,1H3. The minimum Gasteiger partial charge on any atom is -0.396 e. The lowest BCUT2D eigenvalue weighted by molar-refractivity contribution is 0.596. The number of halogens is 1. The Labute approximate surface area is 111 Å². The van der Waals surface area contributed by atoms with Crippen molar-refractivity contribution in [3.8, 4) is 0 Å². The molecule has 0 saturated carbocycles. The van der Waals surface area contributed by atoms with E-state index in [-0.39, 0.29) is 10.6 Å². The molecule has 0 aromatic heterocycles. The quantitative estimate of drug-likeness (QED) is 0.848. The highest BCUT2D eigenvalue weighted by molar-refractivity contribution is 7.92. The molecular formula is C13H13FN2O2S. The Bertz CT molecular complexity index is 714. The molecule has 2 aromatic carbocycles. The molecule has 0 saturated heterocycles. The van der Waals surface area contributed by atoms with Gasteiger partial charge in [-0.05, 0) is 42.8 Å². The summed E-state index contributed by atoms with van der Waals surface area (Å²) in [5, 5.41) is 0. The van der Waals surface area contributed by atoms with E-state index in [0.717, 1.165) is 11.6 Å². The van der Waals surface area contributed by atoms with Crippen molar-refractivity contribution >= 4 is 21.4 Å². The highest BCUT2D eigenvalue weighted by Gasteiger charge is 2.15. The minimum atomic E-state index is -3.81. The van der Waals surface area contributed by atoms with Gasteiger partial charge in [0, 0.05) is 5.69 Å². The molecule has 19 heavy (non-hydrogen) atoms. The molecule has 0 unspecified atom stereocenters. The van der Waals surface area contributed by atoms with Crippen molar-refractivity contribution in [3.05, 3.63) is 53.8 Å². The summed E-state index contributed by atoms with van der Waals surface area (Å²) in [6, 6.07) is 10.3. The number of benzene rings is 2. The molecule has 0 heterocycles. The molecule has 2 aromatic rings. The van der Waals surface area contributed by atoms with E-state index >= 15 is 0 Å². The second-order valence-electron chi connectivity index (χ2n) is 4.16. The number of nitrogens with one attached hydrogen (secondary N) is 1. The minimum absolute atomic E-state index is 0.0884. The lowest BCUT2D eigenvalue weighted by Crippen LogP contribution is -2.13. The van der Waals surface area contributed by atoms with Crippen LogP contribution in [0.1, 0.15) is 5.56 Å². The fraction of sp³-hybridized carbons (Fsp3) is 0.0769. The summed E-state index contributed by atoms with van der Waals surface area (Å²) < 4.78 is 39.8. The smallest absolute Gasteiger partial charge is 0.261 e. The number of hydrogen-bond donors (Lipinski definition) is 2. The van der Waals surface area contributed by atoms with Crippen LogP contribution in [0.3, 0.4) is 0 Å². The molecule has 2 rings (SSSR count). The van der Waals surface area contributed by atoms with Gasteiger partial charge in [0.25, 0.3) is 10.0 Å². The average molecular weight is 280 g/mol. The van der Waals surface area contributed by atoms with Gasteiger partial charge in [0.2, 0.25) is 0 Å². The topological polar surface area (TPSA) is 72.2 Å². The molecule has 4 nitrogen and oxygen atoms in total. The van der Waals surface area contributed by atoms with Gasteiger partial charge >= 0.3 is 0 Å². The van der Waals surface area contributed by atoms with E-state index in [4.69, 9.17) is 5.73 Å². The van der Waals surface area contributed by atoms with E-state index in [1.165, 1.54) is 12.1 Å². The molecule has 0 aliphatic heterocycles. The summed E-state index contributed by atoms with van der Waals surface area (Å²) in [5.41, 5.74) is 6.57. The van der Waals surface area contributed by atoms with Crippen LogP contribution >= 0.6 is 0 Å². The molecule has 100 valence electrons. The number of hydrogen-bond acceptors (Lipinski definition) is 3. The Balaban J connectivity index is 2.35. The highest BCUT2D eigenvalue weighted by atomic mass is 32.2. The molecule has 0 fully saturated rings. The van der Waals surface area contributed by atoms with Gasteiger partial charge in [0.1, 0.15) is 5.82 Å². The number of nitrogen functional groups attached to an aromatic ring is 1. The first-order chi connectivity index (χ1) is 8.88. The molecule has 0 bridgehead atoms. The molecular weight excluding hydrogens is 267 g/mol. The average Bonchev–Trinajstić information content (AvgIpc) is 2.32. The van der Waals surface area contributed by atoms with Gasteiger partial charge in [-0.25, -0.2) is 12.8 Å². The highest BCUT2D eigenvalue weighted by Crippen LogP contribution is 2.20. The number of sulfonamides is 1. The van der Waals surface area contributed by atoms with Gasteiger partial charge in [-0.3, -0.25) is 4.72 Å². The Kier molecular flexibility index (Phi) is 3.44. The van der Waals surface area contributed by atoms with Crippen LogP contribution in [0.2, 0.25) is 0 Å². The number of aryl methyl sites for hydroxylation is 1. The maximum atomic E-state index is 13.3. The second-order valence-corrected chi connectivity index (χ2v) is 5.84. The summed E-state index contributed by atoms with van der Waals surface area (Å²) in [6.45, 7) is 1.85. The van der Waals surface area contributed by atoms with E-state index in [1.54, 1.807) is 18.2 Å². The van der Waals surface area contributed by atoms with Gasteiger partial charge in [-0.2, -0.15) is 0 Å². The largest absolute Gasteiger partial charge is 0.396 e. The molecule has 3 N–H and O–H groups in total. The molecule has 0 atom stereocenters. The Morgan fingerprint density at radius 2 is 1.89 bits per heavy atom. The number of nitrogens with two attached hydrogens (primary N) is 1. The van der Waals surface area contributed by atoms with Crippen molar-refractivity contribution < 1.29 is 12.8 Å². The van der Waals surface area contributed by atoms with E-state index < -0.39 is 15.8 Å². The van der Waals surface area contributed by atoms with Crippen LogP contribution in [-0.2, 0) is 10.0 Å². The van der Waals surface area contributed by atoms with Crippen molar-refractivity contribution in [1.29, 1.82) is 0 Å². The molecule has 0 radical (unpaired) electrons. The third-order valence-corrected chi connectivity index (χ3v) is 3.93. The Morgan fingerprint density at radius 3 is 2.53 bits per heavy atom. The fourth-order valence-corrected chi connectivity index (χ4v) is 2.66. The molecule has 0 amide bonds. The van der Waals surface area contributed by atoms with Crippen LogP contribution in [0.5, 0.6) is 0 Å². The van der Waals surface area contributed by atoms with Crippen LogP contribution < -0.4 is 10.5 Å². The third kappa shape index (κ3) is 3.03. The van der Waals surface area contributed by atoms with Crippen molar-refractivity contribution in [3.63, 3.8) is 0 Å². The first-order valence-electron chi connectivity index (χ1n) is 5.53. The van der Waals surface area contributed by atoms with Gasteiger partial charge < -0.3 is 5.73 Å². The van der Waals surface area contributed by atoms with Gasteiger partial charge in [-0.15, -0.1) is 0 Å². The first-order valence-corrected chi connectivity index (χ1v) is 7.01. The van der Waals surface area contributed by atoms with E-state index in [0.29, 0.717) is 5.69 Å². The van der Waals surface area contributed by atoms with E-state index in [1.807, 2.05) is 13.0 Å². The molecule has 0 aliphatic rings. The van der Waals surface area contributed by atoms with E-state index in [9.17, 15) is 12.8 Å². The second kappa shape index (κ2) is 4.89. The molecule has 6 heteroatoms. The third-order valence-electron chi connectivity index (χ3n) is 2.55. The van der Waals surface area contributed by atoms with Crippen LogP contribution in [-0.4, -0.2) is 8.42 Å². The Hall–Kier alpha value is -2.08. The SMILES string of the molecule is Cc1cccc(NS(=O)(=O)c2ccc(N)c(F)c2)c1. The summed E-state index contributed by atoms with van der Waals surface area (Å²) in [6.07, 6.45) is 0. The van der Waals surface area contributed by atoms with Crippen molar-refractivity contribution in [2.24, 2.45) is 0 Å². The normalized spacial score (nSPS) is 11.3. The molecule has 0 spiro atoms. The van der Waals surface area contributed by atoms with Crippen LogP contribution in [0.15, 0.2) is 47.4 Å². The summed E-state index contributed by atoms with van der Waals surface area (Å²) >= 11 is 0. The van der Waals surface area contributed by atoms with E-state index in [2.05, 4.69) is 4.72 Å². The maximum Gasteiger partial charge on any atom is 0.261 e. The van der Waals surface area contributed by atoms with Crippen molar-refractivity contribution in [2.75, 3.05) is 10.5 Å². The number of rotatable bonds is 3. The molecule has 0 aliphatic carbocycles. The monoisotopic (exact) mass is 280 g/mol. The predicted octanol–water partition coefficient (Wildman–Crippen LogP) is 2.52. The first kappa shape index (κ1) is 13.4. The lowest BCUT2D eigenvalue weighted by Gasteiger charge is -2.09. The van der Waals surface area contributed by atoms with Gasteiger partial charge in [0.05, 0.1) is 10.6 Å². The van der Waals surface area contributed by atoms with Crippen LogP contribution in [0.4, 0.5) is 15.8 Å². The van der Waals surface area contributed by atoms with Crippen molar-refractivity contribution in [1.82, 2.24) is 0 Å². The summed E-state index contributed by atoms with van der Waals surface area (Å²) in [7, 11) is -3.81. The maximum absolute atomic E-state index is 13.3. The van der Waals surface area contributed by atoms with Gasteiger partial charge in [0.15, 0.2) is 0 Å². The lowest BCUT2D eigenvalue weighted by atomic mass is 10.2. The Morgan fingerprint density at radius 1 is 1.16 bits per heavy atom. The fourth-order valence-electron chi connectivity index (χ4n) is 1.60. The zero-order chi connectivity index (χ0) is 14.0. The van der Waals surface area contributed by atoms with Crippen LogP contribution in [0.25, 0.3) is 0 Å². The number of anilines is 2. The van der Waals surface area contributed by atoms with Crippen molar-refractivity contribution in [2.45, 2.75) is 11.8 Å². The predicted molar refractivity (Wildman–Crippen MR) is 72.8 cm³/mol.